The Hall–Kier alpha value is -2.93. The second kappa shape index (κ2) is 6.60. The van der Waals surface area contributed by atoms with Crippen LogP contribution in [0.3, 0.4) is 0 Å². The van der Waals surface area contributed by atoms with Gasteiger partial charge in [0.25, 0.3) is 5.91 Å². The lowest BCUT2D eigenvalue weighted by Gasteiger charge is -2.38. The monoisotopic (exact) mass is 380 g/mol. The topological polar surface area (TPSA) is 66.0 Å². The van der Waals surface area contributed by atoms with Crippen molar-refractivity contribution >= 4 is 17.4 Å². The largest absolute Gasteiger partial charge is 0.483 e. The van der Waals surface area contributed by atoms with Crippen molar-refractivity contribution in [1.82, 2.24) is 10.7 Å². The summed E-state index contributed by atoms with van der Waals surface area (Å²) in [6.07, 6.45) is 0.984. The van der Waals surface area contributed by atoms with Crippen LogP contribution in [0.2, 0.25) is 0 Å². The first-order chi connectivity index (χ1) is 13.6. The molecule has 2 aromatic carbocycles. The molecule has 2 N–H and O–H groups in total. The molecule has 0 unspecified atom stereocenters. The summed E-state index contributed by atoms with van der Waals surface area (Å²) in [6.45, 7) is 3.89. The highest BCUT2D eigenvalue weighted by Gasteiger charge is 2.36. The summed E-state index contributed by atoms with van der Waals surface area (Å²) < 4.78 is 20.6. The fourth-order valence-corrected chi connectivity index (χ4v) is 4.26. The van der Waals surface area contributed by atoms with Gasteiger partial charge in [-0.3, -0.25) is 4.79 Å². The summed E-state index contributed by atoms with van der Waals surface area (Å²) in [7, 11) is 0. The Balaban J connectivity index is 1.70. The third kappa shape index (κ3) is 2.65. The summed E-state index contributed by atoms with van der Waals surface area (Å²) in [5, 5.41) is 7.54. The molecular formula is C21H21FN4O2. The molecular weight excluding hydrogens is 359 g/mol. The number of carbonyl (C=O) groups excluding carboxylic acids is 1. The summed E-state index contributed by atoms with van der Waals surface area (Å²) in [5.74, 6) is 1.19. The fourth-order valence-electron chi connectivity index (χ4n) is 4.26. The van der Waals surface area contributed by atoms with Crippen LogP contribution in [0.4, 0.5) is 10.1 Å². The minimum Gasteiger partial charge on any atom is -0.483 e. The number of fused-ring (bicyclic) bond motifs is 3. The van der Waals surface area contributed by atoms with Gasteiger partial charge in [0.2, 0.25) is 0 Å². The standard InChI is InChI=1S/C21H21FN4O2/c1-12-21(27)25-24-20-11-28-19-9-16(14-4-2-3-5-17(14)22)15(8-18(19)26(12)20)13-6-7-23-10-13/h2-5,8-9,12-13,23H,6-7,10-11H2,1H3,(H,25,27)/t12-,13+/m1/s1. The van der Waals surface area contributed by atoms with Crippen LogP contribution in [0.5, 0.6) is 5.75 Å². The van der Waals surface area contributed by atoms with Crippen molar-refractivity contribution < 1.29 is 13.9 Å². The molecule has 6 nitrogen and oxygen atoms in total. The smallest absolute Gasteiger partial charge is 0.262 e. The normalized spacial score (nSPS) is 23.4. The average molecular weight is 380 g/mol. The molecule has 0 aromatic heterocycles. The third-order valence-electron chi connectivity index (χ3n) is 5.75. The van der Waals surface area contributed by atoms with Gasteiger partial charge in [-0.1, -0.05) is 18.2 Å². The molecule has 2 aromatic rings. The van der Waals surface area contributed by atoms with E-state index < -0.39 is 0 Å². The number of rotatable bonds is 2. The number of nitrogens with zero attached hydrogens (tertiary/aromatic N) is 2. The highest BCUT2D eigenvalue weighted by atomic mass is 19.1. The molecule has 144 valence electrons. The maximum Gasteiger partial charge on any atom is 0.262 e. The number of amidine groups is 1. The van der Waals surface area contributed by atoms with Gasteiger partial charge in [-0.15, -0.1) is 0 Å². The zero-order valence-corrected chi connectivity index (χ0v) is 15.5. The molecule has 0 bridgehead atoms. The number of hydrazone groups is 1. The molecule has 5 rings (SSSR count). The molecule has 0 saturated carbocycles. The van der Waals surface area contributed by atoms with Gasteiger partial charge in [0.1, 0.15) is 24.2 Å². The number of amides is 1. The van der Waals surface area contributed by atoms with Crippen LogP contribution in [-0.2, 0) is 4.79 Å². The van der Waals surface area contributed by atoms with Gasteiger partial charge in [-0.05, 0) is 55.1 Å². The number of hydrogen-bond donors (Lipinski definition) is 2. The van der Waals surface area contributed by atoms with E-state index in [-0.39, 0.29) is 30.3 Å². The Bertz CT molecular complexity index is 984. The first-order valence-corrected chi connectivity index (χ1v) is 9.55. The summed E-state index contributed by atoms with van der Waals surface area (Å²) in [4.78, 5) is 14.1. The first kappa shape index (κ1) is 17.2. The molecule has 7 heteroatoms. The molecule has 1 fully saturated rings. The summed E-state index contributed by atoms with van der Waals surface area (Å²) >= 11 is 0. The van der Waals surface area contributed by atoms with E-state index in [9.17, 15) is 9.18 Å². The number of carbonyl (C=O) groups is 1. The van der Waals surface area contributed by atoms with Crippen molar-refractivity contribution in [2.45, 2.75) is 25.3 Å². The molecule has 2 atom stereocenters. The van der Waals surface area contributed by atoms with E-state index in [1.807, 2.05) is 24.0 Å². The van der Waals surface area contributed by atoms with Crippen molar-refractivity contribution in [2.24, 2.45) is 5.10 Å². The predicted molar refractivity (Wildman–Crippen MR) is 105 cm³/mol. The average Bonchev–Trinajstić information content (AvgIpc) is 3.24. The van der Waals surface area contributed by atoms with Gasteiger partial charge in [-0.2, -0.15) is 5.10 Å². The minimum atomic E-state index is -0.385. The lowest BCUT2D eigenvalue weighted by molar-refractivity contribution is -0.122. The van der Waals surface area contributed by atoms with Gasteiger partial charge in [0.05, 0.1) is 5.69 Å². The molecule has 1 saturated heterocycles. The zero-order valence-electron chi connectivity index (χ0n) is 15.5. The quantitative estimate of drug-likeness (QED) is 0.841. The highest BCUT2D eigenvalue weighted by molar-refractivity contribution is 6.09. The number of benzene rings is 2. The molecule has 0 radical (unpaired) electrons. The van der Waals surface area contributed by atoms with Crippen molar-refractivity contribution in [1.29, 1.82) is 0 Å². The number of halogens is 1. The van der Waals surface area contributed by atoms with Gasteiger partial charge in [-0.25, -0.2) is 9.82 Å². The number of anilines is 1. The second-order valence-corrected chi connectivity index (χ2v) is 7.42. The van der Waals surface area contributed by atoms with Gasteiger partial charge in [0, 0.05) is 12.1 Å². The summed E-state index contributed by atoms with van der Waals surface area (Å²) in [5.41, 5.74) is 5.84. The molecule has 1 amide bonds. The third-order valence-corrected chi connectivity index (χ3v) is 5.75. The van der Waals surface area contributed by atoms with Crippen LogP contribution in [0, 0.1) is 5.82 Å². The summed E-state index contributed by atoms with van der Waals surface area (Å²) in [6, 6.07) is 10.4. The molecule has 3 aliphatic heterocycles. The van der Waals surface area contributed by atoms with Crippen LogP contribution in [0.25, 0.3) is 11.1 Å². The van der Waals surface area contributed by atoms with E-state index in [4.69, 9.17) is 4.74 Å². The molecule has 3 heterocycles. The van der Waals surface area contributed by atoms with Crippen LogP contribution in [-0.4, -0.2) is 37.5 Å². The zero-order chi connectivity index (χ0) is 19.3. The lowest BCUT2D eigenvalue weighted by Crippen LogP contribution is -2.55. The van der Waals surface area contributed by atoms with Crippen LogP contribution < -0.4 is 20.4 Å². The van der Waals surface area contributed by atoms with Crippen molar-refractivity contribution in [2.75, 3.05) is 24.6 Å². The number of hydrogen-bond acceptors (Lipinski definition) is 5. The minimum absolute atomic E-state index is 0.154. The lowest BCUT2D eigenvalue weighted by atomic mass is 9.88. The van der Waals surface area contributed by atoms with Gasteiger partial charge >= 0.3 is 0 Å². The molecule has 0 aliphatic carbocycles. The number of nitrogens with one attached hydrogen (secondary N) is 2. The van der Waals surface area contributed by atoms with Crippen LogP contribution in [0.1, 0.15) is 24.8 Å². The number of ether oxygens (including phenoxy) is 1. The van der Waals surface area contributed by atoms with E-state index in [2.05, 4.69) is 21.9 Å². The van der Waals surface area contributed by atoms with Gasteiger partial charge < -0.3 is 15.0 Å². The van der Waals surface area contributed by atoms with Crippen molar-refractivity contribution in [3.63, 3.8) is 0 Å². The Labute approximate surface area is 162 Å². The van der Waals surface area contributed by atoms with Crippen LogP contribution in [0.15, 0.2) is 41.5 Å². The van der Waals surface area contributed by atoms with E-state index >= 15 is 0 Å². The molecule has 0 spiro atoms. The SMILES string of the molecule is C[C@@H]1C(=O)NN=C2COc3cc(-c4ccccc4F)c([C@H]4CCNC4)cc3N21. The Morgan fingerprint density at radius 3 is 2.89 bits per heavy atom. The van der Waals surface area contributed by atoms with Gasteiger partial charge in [0.15, 0.2) is 5.84 Å². The van der Waals surface area contributed by atoms with Crippen molar-refractivity contribution in [3.8, 4) is 16.9 Å². The van der Waals surface area contributed by atoms with E-state index in [1.54, 1.807) is 12.1 Å². The highest BCUT2D eigenvalue weighted by Crippen LogP contribution is 2.44. The second-order valence-electron chi connectivity index (χ2n) is 7.42. The molecule has 3 aliphatic rings. The first-order valence-electron chi connectivity index (χ1n) is 9.55. The maximum absolute atomic E-state index is 14.6. The van der Waals surface area contributed by atoms with E-state index in [1.165, 1.54) is 6.07 Å². The van der Waals surface area contributed by atoms with Crippen LogP contribution >= 0.6 is 0 Å². The fraction of sp³-hybridized carbons (Fsp3) is 0.333. The Morgan fingerprint density at radius 2 is 2.11 bits per heavy atom. The predicted octanol–water partition coefficient (Wildman–Crippen LogP) is 2.60. The maximum atomic E-state index is 14.6. The van der Waals surface area contributed by atoms with Crippen molar-refractivity contribution in [3.05, 3.63) is 47.8 Å². The molecule has 28 heavy (non-hydrogen) atoms. The Kier molecular flexibility index (Phi) is 4.05. The Morgan fingerprint density at radius 1 is 1.25 bits per heavy atom. The van der Waals surface area contributed by atoms with E-state index in [0.29, 0.717) is 17.1 Å². The van der Waals surface area contributed by atoms with E-state index in [0.717, 1.165) is 36.3 Å².